The van der Waals surface area contributed by atoms with Crippen molar-refractivity contribution in [3.63, 3.8) is 0 Å². The number of halogens is 1. The molecule has 0 saturated heterocycles. The van der Waals surface area contributed by atoms with E-state index >= 15 is 0 Å². The third-order valence-electron chi connectivity index (χ3n) is 5.85. The van der Waals surface area contributed by atoms with Crippen LogP contribution in [-0.4, -0.2) is 23.6 Å². The Hall–Kier alpha value is -3.09. The Morgan fingerprint density at radius 1 is 1.09 bits per heavy atom. The number of methoxy groups -OCH3 is 1. The lowest BCUT2D eigenvalue weighted by atomic mass is 10.0. The first-order chi connectivity index (χ1) is 15.8. The fourth-order valence-corrected chi connectivity index (χ4v) is 5.51. The van der Waals surface area contributed by atoms with Gasteiger partial charge in [0.1, 0.15) is 16.3 Å². The molecule has 4 rings (SSSR count). The summed E-state index contributed by atoms with van der Waals surface area (Å²) in [4.78, 5) is 27.3. The minimum Gasteiger partial charge on any atom is -0.465 e. The number of esters is 1. The number of carbonyl (C=O) groups excluding carboxylic acids is 2. The van der Waals surface area contributed by atoms with Gasteiger partial charge in [0.15, 0.2) is 0 Å². The smallest absolute Gasteiger partial charge is 0.341 e. The number of hydrogen-bond acceptors (Lipinski definition) is 4. The Kier molecular flexibility index (Phi) is 6.32. The van der Waals surface area contributed by atoms with Gasteiger partial charge in [-0.25, -0.2) is 4.79 Å². The van der Waals surface area contributed by atoms with Crippen molar-refractivity contribution in [2.75, 3.05) is 12.4 Å². The van der Waals surface area contributed by atoms with Crippen LogP contribution in [0.4, 0.5) is 5.00 Å². The standard InChI is InChI=1S/C26H25ClN2O3S/c1-6-29-20-12-11-18(27)13-19(20)15(3)23(29)24(30)28-25-22(26(31)32-5)21(16(4)33-25)17-9-7-14(2)8-10-17/h7-13H,6H2,1-5H3,(H,28,30). The average molecular weight is 481 g/mol. The van der Waals surface area contributed by atoms with Crippen molar-refractivity contribution in [2.24, 2.45) is 0 Å². The molecular weight excluding hydrogens is 456 g/mol. The molecule has 2 heterocycles. The monoisotopic (exact) mass is 480 g/mol. The molecule has 1 amide bonds. The van der Waals surface area contributed by atoms with Crippen LogP contribution >= 0.6 is 22.9 Å². The van der Waals surface area contributed by atoms with Crippen molar-refractivity contribution in [1.29, 1.82) is 0 Å². The first-order valence-electron chi connectivity index (χ1n) is 10.6. The summed E-state index contributed by atoms with van der Waals surface area (Å²) in [7, 11) is 1.35. The second kappa shape index (κ2) is 9.04. The molecule has 7 heteroatoms. The Labute approximate surface area is 201 Å². The maximum atomic E-state index is 13.5. The summed E-state index contributed by atoms with van der Waals surface area (Å²) >= 11 is 7.58. The minimum atomic E-state index is -0.482. The van der Waals surface area contributed by atoms with Crippen molar-refractivity contribution in [3.8, 4) is 11.1 Å². The zero-order valence-electron chi connectivity index (χ0n) is 19.2. The highest BCUT2D eigenvalue weighted by Gasteiger charge is 2.27. The normalized spacial score (nSPS) is 11.1. The molecule has 0 aliphatic carbocycles. The predicted molar refractivity (Wildman–Crippen MR) is 136 cm³/mol. The summed E-state index contributed by atoms with van der Waals surface area (Å²) in [6, 6.07) is 13.6. The number of amides is 1. The first kappa shape index (κ1) is 23.1. The highest BCUT2D eigenvalue weighted by atomic mass is 35.5. The molecule has 5 nitrogen and oxygen atoms in total. The number of benzene rings is 2. The lowest BCUT2D eigenvalue weighted by molar-refractivity contribution is 0.0603. The van der Waals surface area contributed by atoms with Gasteiger partial charge in [0.25, 0.3) is 5.91 Å². The average Bonchev–Trinajstić information content (AvgIpc) is 3.26. The SMILES string of the molecule is CCn1c(C(=O)Nc2sc(C)c(-c3ccc(C)cc3)c2C(=O)OC)c(C)c2cc(Cl)ccc21. The molecule has 0 atom stereocenters. The van der Waals surface area contributed by atoms with Crippen LogP contribution in [0.15, 0.2) is 42.5 Å². The van der Waals surface area contributed by atoms with Crippen LogP contribution < -0.4 is 5.32 Å². The molecule has 0 aliphatic heterocycles. The van der Waals surface area contributed by atoms with Gasteiger partial charge >= 0.3 is 5.97 Å². The molecule has 0 fully saturated rings. The van der Waals surface area contributed by atoms with Crippen molar-refractivity contribution >= 4 is 50.7 Å². The van der Waals surface area contributed by atoms with Crippen LogP contribution in [0.25, 0.3) is 22.0 Å². The van der Waals surface area contributed by atoms with E-state index < -0.39 is 5.97 Å². The maximum absolute atomic E-state index is 13.5. The Morgan fingerprint density at radius 2 is 1.79 bits per heavy atom. The van der Waals surface area contributed by atoms with Gasteiger partial charge in [-0.15, -0.1) is 11.3 Å². The van der Waals surface area contributed by atoms with Gasteiger partial charge in [-0.05, 0) is 57.0 Å². The van der Waals surface area contributed by atoms with E-state index in [-0.39, 0.29) is 5.91 Å². The highest BCUT2D eigenvalue weighted by Crippen LogP contribution is 2.41. The molecule has 170 valence electrons. The van der Waals surface area contributed by atoms with Crippen molar-refractivity contribution in [1.82, 2.24) is 4.57 Å². The van der Waals surface area contributed by atoms with Crippen LogP contribution in [0.3, 0.4) is 0 Å². The zero-order valence-corrected chi connectivity index (χ0v) is 20.8. The van der Waals surface area contributed by atoms with Gasteiger partial charge in [-0.1, -0.05) is 41.4 Å². The molecule has 4 aromatic rings. The fraction of sp³-hybridized carbons (Fsp3) is 0.231. The number of aryl methyl sites for hydroxylation is 4. The van der Waals surface area contributed by atoms with E-state index in [4.69, 9.17) is 16.3 Å². The molecular formula is C26H25ClN2O3S. The van der Waals surface area contributed by atoms with Crippen LogP contribution in [0.2, 0.25) is 5.02 Å². The Balaban J connectivity index is 1.82. The van der Waals surface area contributed by atoms with E-state index in [2.05, 4.69) is 5.32 Å². The number of hydrogen-bond donors (Lipinski definition) is 1. The number of anilines is 1. The van der Waals surface area contributed by atoms with E-state index in [1.165, 1.54) is 18.4 Å². The predicted octanol–water partition coefficient (Wildman–Crippen LogP) is 7.01. The number of rotatable bonds is 5. The van der Waals surface area contributed by atoms with Gasteiger partial charge in [0, 0.05) is 32.9 Å². The van der Waals surface area contributed by atoms with Crippen LogP contribution in [-0.2, 0) is 11.3 Å². The summed E-state index contributed by atoms with van der Waals surface area (Å²) in [6.07, 6.45) is 0. The van der Waals surface area contributed by atoms with Crippen LogP contribution in [0.1, 0.15) is 43.8 Å². The molecule has 1 N–H and O–H groups in total. The molecule has 33 heavy (non-hydrogen) atoms. The molecule has 2 aromatic heterocycles. The van der Waals surface area contributed by atoms with Crippen LogP contribution in [0, 0.1) is 20.8 Å². The number of thiophene rings is 1. The number of ether oxygens (including phenoxy) is 1. The van der Waals surface area contributed by atoms with Gasteiger partial charge in [0.05, 0.1) is 7.11 Å². The molecule has 0 aliphatic rings. The summed E-state index contributed by atoms with van der Waals surface area (Å²) < 4.78 is 7.06. The number of nitrogens with one attached hydrogen (secondary N) is 1. The molecule has 0 bridgehead atoms. The third kappa shape index (κ3) is 4.05. The fourth-order valence-electron chi connectivity index (χ4n) is 4.28. The van der Waals surface area contributed by atoms with Gasteiger partial charge in [-0.3, -0.25) is 4.79 Å². The Bertz CT molecular complexity index is 1380. The van der Waals surface area contributed by atoms with E-state index in [9.17, 15) is 9.59 Å². The van der Waals surface area contributed by atoms with E-state index in [0.717, 1.165) is 38.0 Å². The quantitative estimate of drug-likeness (QED) is 0.312. The molecule has 0 radical (unpaired) electrons. The van der Waals surface area contributed by atoms with Crippen molar-refractivity contribution < 1.29 is 14.3 Å². The third-order valence-corrected chi connectivity index (χ3v) is 7.11. The molecule has 0 unspecified atom stereocenters. The number of fused-ring (bicyclic) bond motifs is 1. The van der Waals surface area contributed by atoms with Gasteiger partial charge in [-0.2, -0.15) is 0 Å². The summed E-state index contributed by atoms with van der Waals surface area (Å²) in [5.41, 5.74) is 5.53. The van der Waals surface area contributed by atoms with Gasteiger partial charge in [0.2, 0.25) is 0 Å². The highest BCUT2D eigenvalue weighted by molar-refractivity contribution is 7.17. The van der Waals surface area contributed by atoms with Crippen LogP contribution in [0.5, 0.6) is 0 Å². The second-order valence-corrected chi connectivity index (χ2v) is 9.59. The zero-order chi connectivity index (χ0) is 23.9. The Morgan fingerprint density at radius 3 is 2.42 bits per heavy atom. The number of aromatic nitrogens is 1. The summed E-state index contributed by atoms with van der Waals surface area (Å²) in [6.45, 7) is 8.49. The number of nitrogens with zero attached hydrogens (tertiary/aromatic N) is 1. The topological polar surface area (TPSA) is 60.3 Å². The van der Waals surface area contributed by atoms with Crippen molar-refractivity contribution in [2.45, 2.75) is 34.2 Å². The second-order valence-electron chi connectivity index (χ2n) is 7.93. The van der Waals surface area contributed by atoms with E-state index in [1.54, 1.807) is 0 Å². The lowest BCUT2D eigenvalue weighted by Crippen LogP contribution is -2.19. The lowest BCUT2D eigenvalue weighted by Gasteiger charge is -2.11. The summed E-state index contributed by atoms with van der Waals surface area (Å²) in [5, 5.41) is 5.03. The maximum Gasteiger partial charge on any atom is 0.341 e. The van der Waals surface area contributed by atoms with E-state index in [0.29, 0.717) is 27.8 Å². The first-order valence-corrected chi connectivity index (χ1v) is 11.8. The molecule has 0 saturated carbocycles. The van der Waals surface area contributed by atoms with Gasteiger partial charge < -0.3 is 14.6 Å². The summed E-state index contributed by atoms with van der Waals surface area (Å²) in [5.74, 6) is -0.756. The molecule has 2 aromatic carbocycles. The van der Waals surface area contributed by atoms with Crippen molar-refractivity contribution in [3.05, 3.63) is 74.7 Å². The van der Waals surface area contributed by atoms with E-state index in [1.807, 2.05) is 74.7 Å². The number of carbonyl (C=O) groups is 2. The largest absolute Gasteiger partial charge is 0.465 e. The minimum absolute atomic E-state index is 0.275. The molecule has 0 spiro atoms.